The Morgan fingerprint density at radius 2 is 1.25 bits per heavy atom. The van der Waals surface area contributed by atoms with E-state index in [4.69, 9.17) is 0 Å². The number of carbonyl (C=O) groups excluding carboxylic acids is 2. The van der Waals surface area contributed by atoms with Crippen molar-refractivity contribution < 1.29 is 9.59 Å². The monoisotopic (exact) mass is 390 g/mol. The minimum atomic E-state index is -0.0231. The largest absolute Gasteiger partial charge is 0.337 e. The molecule has 142 valence electrons. The lowest BCUT2D eigenvalue weighted by atomic mass is 10.0. The average molecular weight is 391 g/mol. The van der Waals surface area contributed by atoms with E-state index < -0.39 is 0 Å². The highest BCUT2D eigenvalue weighted by atomic mass is 32.1. The molecule has 2 amide bonds. The first-order chi connectivity index (χ1) is 13.6. The summed E-state index contributed by atoms with van der Waals surface area (Å²) < 4.78 is 0. The van der Waals surface area contributed by atoms with Crippen LogP contribution in [0.1, 0.15) is 27.1 Å². The van der Waals surface area contributed by atoms with Gasteiger partial charge in [0.15, 0.2) is 0 Å². The van der Waals surface area contributed by atoms with E-state index >= 15 is 0 Å². The Morgan fingerprint density at radius 1 is 0.679 bits per heavy atom. The third kappa shape index (κ3) is 3.62. The lowest BCUT2D eigenvalue weighted by molar-refractivity contribution is 0.0718. The van der Waals surface area contributed by atoms with Crippen LogP contribution in [-0.4, -0.2) is 47.8 Å². The Bertz CT molecular complexity index is 1030. The molecular formula is C23H22N2O2S. The molecule has 5 heteroatoms. The maximum Gasteiger partial charge on any atom is 0.255 e. The Morgan fingerprint density at radius 3 is 2.00 bits per heavy atom. The van der Waals surface area contributed by atoms with Gasteiger partial charge in [0.05, 0.1) is 5.56 Å². The zero-order valence-electron chi connectivity index (χ0n) is 15.5. The minimum Gasteiger partial charge on any atom is -0.337 e. The fourth-order valence-corrected chi connectivity index (χ4v) is 3.99. The van der Waals surface area contributed by atoms with Crippen molar-refractivity contribution in [3.8, 4) is 0 Å². The summed E-state index contributed by atoms with van der Waals surface area (Å²) >= 11 is 4.40. The molecule has 0 N–H and O–H groups in total. The molecule has 1 aliphatic rings. The second-order valence-electron chi connectivity index (χ2n) is 6.98. The minimum absolute atomic E-state index is 0.0231. The topological polar surface area (TPSA) is 40.6 Å². The lowest BCUT2D eigenvalue weighted by Gasteiger charge is -2.23. The molecule has 1 aliphatic heterocycles. The number of thiol groups is 1. The first-order valence-corrected chi connectivity index (χ1v) is 9.94. The molecule has 0 saturated carbocycles. The molecule has 3 aromatic rings. The highest BCUT2D eigenvalue weighted by Gasteiger charge is 2.25. The Hall–Kier alpha value is -2.79. The van der Waals surface area contributed by atoms with Crippen LogP contribution in [0.5, 0.6) is 0 Å². The third-order valence-electron chi connectivity index (χ3n) is 5.22. The number of amides is 2. The van der Waals surface area contributed by atoms with Gasteiger partial charge in [-0.3, -0.25) is 9.59 Å². The number of hydrogen-bond donors (Lipinski definition) is 1. The van der Waals surface area contributed by atoms with Crippen LogP contribution in [0.3, 0.4) is 0 Å². The Labute approximate surface area is 170 Å². The summed E-state index contributed by atoms with van der Waals surface area (Å²) in [6.07, 6.45) is 0.761. The molecule has 0 atom stereocenters. The van der Waals surface area contributed by atoms with Crippen LogP contribution >= 0.6 is 12.6 Å². The Kier molecular flexibility index (Phi) is 5.35. The molecular weight excluding hydrogens is 368 g/mol. The molecule has 1 heterocycles. The summed E-state index contributed by atoms with van der Waals surface area (Å²) in [5.74, 6) is 0.00533. The molecule has 4 rings (SSSR count). The summed E-state index contributed by atoms with van der Waals surface area (Å²) in [6, 6.07) is 21.1. The Balaban J connectivity index is 1.52. The number of carbonyl (C=O) groups is 2. The van der Waals surface area contributed by atoms with Crippen LogP contribution in [0.4, 0.5) is 0 Å². The van der Waals surface area contributed by atoms with E-state index in [9.17, 15) is 9.59 Å². The summed E-state index contributed by atoms with van der Waals surface area (Å²) in [5, 5.41) is 2.03. The van der Waals surface area contributed by atoms with Crippen molar-refractivity contribution in [2.45, 2.75) is 11.3 Å². The van der Waals surface area contributed by atoms with E-state index in [2.05, 4.69) is 12.6 Å². The number of rotatable bonds is 2. The zero-order chi connectivity index (χ0) is 19.5. The van der Waals surface area contributed by atoms with E-state index in [0.717, 1.165) is 22.8 Å². The molecule has 0 radical (unpaired) electrons. The van der Waals surface area contributed by atoms with Crippen LogP contribution in [0.15, 0.2) is 71.6 Å². The zero-order valence-corrected chi connectivity index (χ0v) is 16.4. The van der Waals surface area contributed by atoms with Crippen LogP contribution in [0.2, 0.25) is 0 Å². The molecule has 0 spiro atoms. The van der Waals surface area contributed by atoms with Crippen molar-refractivity contribution >= 4 is 35.2 Å². The van der Waals surface area contributed by atoms with Gasteiger partial charge in [-0.25, -0.2) is 0 Å². The normalized spacial score (nSPS) is 14.8. The fraction of sp³-hybridized carbons (Fsp3) is 0.217. The quantitative estimate of drug-likeness (QED) is 0.669. The fourth-order valence-electron chi connectivity index (χ4n) is 3.73. The van der Waals surface area contributed by atoms with Gasteiger partial charge in [-0.05, 0) is 35.4 Å². The van der Waals surface area contributed by atoms with Gasteiger partial charge < -0.3 is 9.80 Å². The van der Waals surface area contributed by atoms with Gasteiger partial charge in [0.1, 0.15) is 0 Å². The average Bonchev–Trinajstić information content (AvgIpc) is 2.99. The van der Waals surface area contributed by atoms with Gasteiger partial charge in [-0.2, -0.15) is 0 Å². The molecule has 1 fully saturated rings. The molecule has 28 heavy (non-hydrogen) atoms. The third-order valence-corrected chi connectivity index (χ3v) is 5.61. The van der Waals surface area contributed by atoms with E-state index in [1.54, 1.807) is 6.07 Å². The first-order valence-electron chi connectivity index (χ1n) is 9.49. The smallest absolute Gasteiger partial charge is 0.255 e. The van der Waals surface area contributed by atoms with Crippen molar-refractivity contribution in [2.24, 2.45) is 0 Å². The summed E-state index contributed by atoms with van der Waals surface area (Å²) in [5.41, 5.74) is 1.33. The van der Waals surface area contributed by atoms with Crippen LogP contribution in [0, 0.1) is 0 Å². The van der Waals surface area contributed by atoms with Gasteiger partial charge in [0.25, 0.3) is 11.8 Å². The van der Waals surface area contributed by atoms with E-state index in [1.165, 1.54) is 0 Å². The van der Waals surface area contributed by atoms with E-state index in [1.807, 2.05) is 70.5 Å². The van der Waals surface area contributed by atoms with E-state index in [0.29, 0.717) is 36.6 Å². The number of benzene rings is 3. The highest BCUT2D eigenvalue weighted by molar-refractivity contribution is 7.80. The van der Waals surface area contributed by atoms with Gasteiger partial charge in [0.2, 0.25) is 0 Å². The van der Waals surface area contributed by atoms with Gasteiger partial charge in [-0.1, -0.05) is 48.5 Å². The van der Waals surface area contributed by atoms with Crippen molar-refractivity contribution in [2.75, 3.05) is 26.2 Å². The lowest BCUT2D eigenvalue weighted by Crippen LogP contribution is -2.37. The standard InChI is InChI=1S/C23H22N2O2S/c26-22(19-11-5-8-17-7-1-2-9-18(17)19)24-13-6-14-25(16-15-24)23(27)20-10-3-4-12-21(20)28/h1-5,7-12,28H,6,13-16H2. The molecule has 1 saturated heterocycles. The second-order valence-corrected chi connectivity index (χ2v) is 7.46. The van der Waals surface area contributed by atoms with Crippen LogP contribution < -0.4 is 0 Å². The second kappa shape index (κ2) is 8.07. The SMILES string of the molecule is O=C(c1ccccc1S)N1CCCN(C(=O)c2cccc3ccccc23)CC1. The summed E-state index contributed by atoms with van der Waals surface area (Å²) in [6.45, 7) is 2.34. The van der Waals surface area contributed by atoms with Crippen molar-refractivity contribution in [1.82, 2.24) is 9.80 Å². The maximum atomic E-state index is 13.2. The predicted octanol–water partition coefficient (Wildman–Crippen LogP) is 4.12. The van der Waals surface area contributed by atoms with Gasteiger partial charge in [0, 0.05) is 36.6 Å². The molecule has 3 aromatic carbocycles. The molecule has 0 aromatic heterocycles. The molecule has 0 aliphatic carbocycles. The van der Waals surface area contributed by atoms with Gasteiger partial charge >= 0.3 is 0 Å². The summed E-state index contributed by atoms with van der Waals surface area (Å²) in [7, 11) is 0. The number of hydrogen-bond acceptors (Lipinski definition) is 3. The molecule has 0 bridgehead atoms. The molecule has 4 nitrogen and oxygen atoms in total. The van der Waals surface area contributed by atoms with Crippen molar-refractivity contribution in [3.05, 3.63) is 77.9 Å². The molecule has 0 unspecified atom stereocenters. The van der Waals surface area contributed by atoms with Crippen molar-refractivity contribution in [1.29, 1.82) is 0 Å². The maximum absolute atomic E-state index is 13.2. The highest BCUT2D eigenvalue weighted by Crippen LogP contribution is 2.21. The van der Waals surface area contributed by atoms with Gasteiger partial charge in [-0.15, -0.1) is 12.6 Å². The van der Waals surface area contributed by atoms with Crippen LogP contribution in [0.25, 0.3) is 10.8 Å². The summed E-state index contributed by atoms with van der Waals surface area (Å²) in [4.78, 5) is 30.4. The predicted molar refractivity (Wildman–Crippen MR) is 114 cm³/mol. The first kappa shape index (κ1) is 18.6. The number of nitrogens with zero attached hydrogens (tertiary/aromatic N) is 2. The number of fused-ring (bicyclic) bond motifs is 1. The van der Waals surface area contributed by atoms with Crippen LogP contribution in [-0.2, 0) is 0 Å². The van der Waals surface area contributed by atoms with Crippen molar-refractivity contribution in [3.63, 3.8) is 0 Å². The van der Waals surface area contributed by atoms with E-state index in [-0.39, 0.29) is 11.8 Å².